The summed E-state index contributed by atoms with van der Waals surface area (Å²) in [6.07, 6.45) is 4.23. The average Bonchev–Trinajstić information content (AvgIpc) is 2.18. The highest BCUT2D eigenvalue weighted by atomic mass is 14.9. The van der Waals surface area contributed by atoms with Crippen LogP contribution < -0.4 is 10.6 Å². The van der Waals surface area contributed by atoms with Gasteiger partial charge in [-0.3, -0.25) is 0 Å². The van der Waals surface area contributed by atoms with Gasteiger partial charge in [0.1, 0.15) is 0 Å². The largest absolute Gasteiger partial charge is 0.316 e. The van der Waals surface area contributed by atoms with Gasteiger partial charge in [-0.2, -0.15) is 0 Å². The van der Waals surface area contributed by atoms with Gasteiger partial charge in [0.05, 0.1) is 0 Å². The molecule has 0 aromatic carbocycles. The van der Waals surface area contributed by atoms with Crippen LogP contribution in [0.4, 0.5) is 0 Å². The van der Waals surface area contributed by atoms with Crippen LogP contribution in [0.5, 0.6) is 0 Å². The molecule has 4 unspecified atom stereocenters. The first-order valence-corrected chi connectivity index (χ1v) is 6.20. The molecule has 0 aromatic heterocycles. The maximum atomic E-state index is 3.58. The van der Waals surface area contributed by atoms with Gasteiger partial charge >= 0.3 is 0 Å². The lowest BCUT2D eigenvalue weighted by molar-refractivity contribution is 0.169. The molecule has 82 valence electrons. The standard InChI is InChI=1S/C12H24N2/c1-9-5-12(8-13-7-9)11-3-4-14-10(2)6-11/h9-14H,3-8H2,1-2H3. The summed E-state index contributed by atoms with van der Waals surface area (Å²) in [5.74, 6) is 2.81. The summed E-state index contributed by atoms with van der Waals surface area (Å²) in [5.41, 5.74) is 0. The predicted molar refractivity (Wildman–Crippen MR) is 60.3 cm³/mol. The Morgan fingerprint density at radius 2 is 1.86 bits per heavy atom. The lowest BCUT2D eigenvalue weighted by Gasteiger charge is -2.38. The molecular weight excluding hydrogens is 172 g/mol. The van der Waals surface area contributed by atoms with Gasteiger partial charge in [0.25, 0.3) is 0 Å². The normalized spacial score (nSPS) is 45.0. The van der Waals surface area contributed by atoms with Crippen molar-refractivity contribution in [2.24, 2.45) is 17.8 Å². The van der Waals surface area contributed by atoms with Crippen LogP contribution in [0.2, 0.25) is 0 Å². The number of hydrogen-bond donors (Lipinski definition) is 2. The second-order valence-corrected chi connectivity index (χ2v) is 5.40. The number of rotatable bonds is 1. The Balaban J connectivity index is 1.86. The molecule has 0 radical (unpaired) electrons. The second kappa shape index (κ2) is 4.63. The molecule has 14 heavy (non-hydrogen) atoms. The third kappa shape index (κ3) is 2.48. The molecule has 0 bridgehead atoms. The van der Waals surface area contributed by atoms with Gasteiger partial charge in [0, 0.05) is 6.04 Å². The monoisotopic (exact) mass is 196 g/mol. The summed E-state index contributed by atoms with van der Waals surface area (Å²) in [5, 5.41) is 7.12. The summed E-state index contributed by atoms with van der Waals surface area (Å²) < 4.78 is 0. The smallest absolute Gasteiger partial charge is 0.00414 e. The minimum atomic E-state index is 0.742. The maximum absolute atomic E-state index is 3.58. The van der Waals surface area contributed by atoms with E-state index in [4.69, 9.17) is 0 Å². The molecule has 2 fully saturated rings. The molecule has 2 rings (SSSR count). The predicted octanol–water partition coefficient (Wildman–Crippen LogP) is 1.62. The number of hydrogen-bond acceptors (Lipinski definition) is 2. The van der Waals surface area contributed by atoms with Crippen molar-refractivity contribution in [3.63, 3.8) is 0 Å². The highest BCUT2D eigenvalue weighted by Gasteiger charge is 2.29. The minimum Gasteiger partial charge on any atom is -0.316 e. The van der Waals surface area contributed by atoms with Gasteiger partial charge in [0.15, 0.2) is 0 Å². The molecule has 2 heterocycles. The van der Waals surface area contributed by atoms with Gasteiger partial charge in [-0.25, -0.2) is 0 Å². The Morgan fingerprint density at radius 1 is 1.00 bits per heavy atom. The zero-order chi connectivity index (χ0) is 9.97. The summed E-state index contributed by atoms with van der Waals surface area (Å²) >= 11 is 0. The van der Waals surface area contributed by atoms with Gasteiger partial charge in [-0.1, -0.05) is 6.92 Å². The van der Waals surface area contributed by atoms with Crippen LogP contribution in [0.15, 0.2) is 0 Å². The fourth-order valence-corrected chi connectivity index (χ4v) is 3.16. The van der Waals surface area contributed by atoms with Crippen molar-refractivity contribution in [3.05, 3.63) is 0 Å². The highest BCUT2D eigenvalue weighted by Crippen LogP contribution is 2.30. The van der Waals surface area contributed by atoms with Crippen molar-refractivity contribution < 1.29 is 0 Å². The first-order valence-electron chi connectivity index (χ1n) is 6.20. The molecule has 0 spiro atoms. The molecule has 0 aromatic rings. The van der Waals surface area contributed by atoms with E-state index in [9.17, 15) is 0 Å². The van der Waals surface area contributed by atoms with Crippen molar-refractivity contribution in [2.75, 3.05) is 19.6 Å². The molecule has 2 saturated heterocycles. The van der Waals surface area contributed by atoms with E-state index in [-0.39, 0.29) is 0 Å². The lowest BCUT2D eigenvalue weighted by Crippen LogP contribution is -2.44. The van der Waals surface area contributed by atoms with E-state index < -0.39 is 0 Å². The molecule has 0 saturated carbocycles. The quantitative estimate of drug-likeness (QED) is 0.666. The van der Waals surface area contributed by atoms with Crippen LogP contribution in [-0.2, 0) is 0 Å². The Hall–Kier alpha value is -0.0800. The molecule has 2 heteroatoms. The van der Waals surface area contributed by atoms with Crippen molar-refractivity contribution in [3.8, 4) is 0 Å². The fraction of sp³-hybridized carbons (Fsp3) is 1.00. The van der Waals surface area contributed by atoms with E-state index in [0.717, 1.165) is 23.8 Å². The van der Waals surface area contributed by atoms with Crippen molar-refractivity contribution >= 4 is 0 Å². The average molecular weight is 196 g/mol. The summed E-state index contributed by atoms with van der Waals surface area (Å²) in [6.45, 7) is 8.44. The lowest BCUT2D eigenvalue weighted by atomic mass is 9.76. The molecule has 2 nitrogen and oxygen atoms in total. The molecular formula is C12H24N2. The second-order valence-electron chi connectivity index (χ2n) is 5.40. The van der Waals surface area contributed by atoms with Crippen LogP contribution in [0.3, 0.4) is 0 Å². The van der Waals surface area contributed by atoms with Crippen LogP contribution in [0.1, 0.15) is 33.1 Å². The molecule has 4 atom stereocenters. The van der Waals surface area contributed by atoms with Crippen molar-refractivity contribution in [1.29, 1.82) is 0 Å². The Morgan fingerprint density at radius 3 is 2.57 bits per heavy atom. The SMILES string of the molecule is CC1CNCC(C2CCNC(C)C2)C1. The first kappa shape index (κ1) is 10.4. The minimum absolute atomic E-state index is 0.742. The van der Waals surface area contributed by atoms with Crippen molar-refractivity contribution in [1.82, 2.24) is 10.6 Å². The van der Waals surface area contributed by atoms with E-state index >= 15 is 0 Å². The van der Waals surface area contributed by atoms with Crippen LogP contribution in [0.25, 0.3) is 0 Å². The first-order chi connectivity index (χ1) is 6.75. The zero-order valence-corrected chi connectivity index (χ0v) is 9.55. The number of piperidine rings is 2. The van der Waals surface area contributed by atoms with Gasteiger partial charge in [-0.15, -0.1) is 0 Å². The molecule has 0 aliphatic carbocycles. The maximum Gasteiger partial charge on any atom is 0.00414 e. The summed E-state index contributed by atoms with van der Waals surface area (Å²) in [6, 6.07) is 0.742. The van der Waals surface area contributed by atoms with E-state index in [1.165, 1.54) is 38.9 Å². The van der Waals surface area contributed by atoms with Gasteiger partial charge < -0.3 is 10.6 Å². The van der Waals surface area contributed by atoms with Crippen LogP contribution >= 0.6 is 0 Å². The van der Waals surface area contributed by atoms with E-state index in [1.54, 1.807) is 0 Å². The van der Waals surface area contributed by atoms with E-state index in [2.05, 4.69) is 24.5 Å². The molecule has 2 N–H and O–H groups in total. The topological polar surface area (TPSA) is 24.1 Å². The highest BCUT2D eigenvalue weighted by molar-refractivity contribution is 4.84. The van der Waals surface area contributed by atoms with E-state index in [0.29, 0.717) is 0 Å². The van der Waals surface area contributed by atoms with Crippen molar-refractivity contribution in [2.45, 2.75) is 39.2 Å². The van der Waals surface area contributed by atoms with Crippen LogP contribution in [-0.4, -0.2) is 25.7 Å². The molecule has 2 aliphatic rings. The Bertz CT molecular complexity index is 161. The Labute approximate surface area is 87.8 Å². The summed E-state index contributed by atoms with van der Waals surface area (Å²) in [7, 11) is 0. The zero-order valence-electron chi connectivity index (χ0n) is 9.55. The van der Waals surface area contributed by atoms with Crippen LogP contribution in [0, 0.1) is 17.8 Å². The molecule has 2 aliphatic heterocycles. The third-order valence-electron chi connectivity index (χ3n) is 3.94. The van der Waals surface area contributed by atoms with Gasteiger partial charge in [0.2, 0.25) is 0 Å². The number of nitrogens with one attached hydrogen (secondary N) is 2. The Kier molecular flexibility index (Phi) is 3.45. The fourth-order valence-electron chi connectivity index (χ4n) is 3.16. The van der Waals surface area contributed by atoms with E-state index in [1.807, 2.05) is 0 Å². The third-order valence-corrected chi connectivity index (χ3v) is 3.94. The summed E-state index contributed by atoms with van der Waals surface area (Å²) in [4.78, 5) is 0. The molecule has 0 amide bonds. The van der Waals surface area contributed by atoms with Gasteiger partial charge in [-0.05, 0) is 63.6 Å².